The second-order valence-electron chi connectivity index (χ2n) is 3.26. The number of alkyl halides is 1. The molecule has 0 saturated carbocycles. The van der Waals surface area contributed by atoms with Gasteiger partial charge < -0.3 is 0 Å². The Hall–Kier alpha value is -0.0400. The Morgan fingerprint density at radius 2 is 2.40 bits per heavy atom. The van der Waals surface area contributed by atoms with Crippen LogP contribution in [-0.2, 0) is 0 Å². The summed E-state index contributed by atoms with van der Waals surface area (Å²) in [6.07, 6.45) is 3.17. The predicted octanol–water partition coefficient (Wildman–Crippen LogP) is 2.34. The lowest BCUT2D eigenvalue weighted by atomic mass is 9.98. The third kappa shape index (κ3) is 1.72. The fraction of sp³-hybridized carbons (Fsp3) is 0.875. The molecule has 2 unspecified atom stereocenters. The van der Waals surface area contributed by atoms with Crippen LogP contribution in [0.4, 0.5) is 0 Å². The van der Waals surface area contributed by atoms with Gasteiger partial charge in [-0.05, 0) is 12.3 Å². The molecule has 0 aromatic carbocycles. The Bertz CT molecular complexity index is 131. The van der Waals surface area contributed by atoms with E-state index in [1.807, 2.05) is 6.21 Å². The molecule has 0 spiro atoms. The van der Waals surface area contributed by atoms with E-state index in [-0.39, 0.29) is 0 Å². The minimum Gasteiger partial charge on any atom is -0.294 e. The third-order valence-electron chi connectivity index (χ3n) is 2.00. The van der Waals surface area contributed by atoms with Crippen molar-refractivity contribution in [1.29, 1.82) is 0 Å². The zero-order valence-corrected chi connectivity index (χ0v) is 7.30. The number of aliphatic imine (C=N–C) groups is 1. The fourth-order valence-electron chi connectivity index (χ4n) is 1.21. The first-order valence-corrected chi connectivity index (χ1v) is 4.36. The molecule has 58 valence electrons. The molecule has 1 heterocycles. The largest absolute Gasteiger partial charge is 0.294 e. The van der Waals surface area contributed by atoms with E-state index in [2.05, 4.69) is 18.8 Å². The highest BCUT2D eigenvalue weighted by molar-refractivity contribution is 6.18. The highest BCUT2D eigenvalue weighted by Crippen LogP contribution is 2.22. The SMILES string of the molecule is CC(C)C1CC(CCl)C=N1. The van der Waals surface area contributed by atoms with Gasteiger partial charge in [0.05, 0.1) is 6.04 Å². The lowest BCUT2D eigenvalue weighted by Gasteiger charge is -2.11. The zero-order chi connectivity index (χ0) is 7.56. The van der Waals surface area contributed by atoms with E-state index in [0.717, 1.165) is 12.3 Å². The molecule has 1 nitrogen and oxygen atoms in total. The standard InChI is InChI=1S/C8H14ClN/c1-6(2)8-3-7(4-9)5-10-8/h5-8H,3-4H2,1-2H3. The molecule has 1 rings (SSSR count). The molecule has 0 fully saturated rings. The van der Waals surface area contributed by atoms with Gasteiger partial charge in [-0.1, -0.05) is 13.8 Å². The van der Waals surface area contributed by atoms with Crippen LogP contribution in [0.25, 0.3) is 0 Å². The van der Waals surface area contributed by atoms with Crippen LogP contribution in [0, 0.1) is 11.8 Å². The van der Waals surface area contributed by atoms with Crippen molar-refractivity contribution in [3.05, 3.63) is 0 Å². The maximum atomic E-state index is 5.69. The van der Waals surface area contributed by atoms with Crippen LogP contribution in [0.2, 0.25) is 0 Å². The summed E-state index contributed by atoms with van der Waals surface area (Å²) in [5.41, 5.74) is 0. The molecule has 2 atom stereocenters. The lowest BCUT2D eigenvalue weighted by molar-refractivity contribution is 0.468. The van der Waals surface area contributed by atoms with Crippen molar-refractivity contribution in [1.82, 2.24) is 0 Å². The van der Waals surface area contributed by atoms with Crippen LogP contribution in [0.15, 0.2) is 4.99 Å². The van der Waals surface area contributed by atoms with Crippen LogP contribution in [0.5, 0.6) is 0 Å². The maximum absolute atomic E-state index is 5.69. The van der Waals surface area contributed by atoms with Gasteiger partial charge in [-0.25, -0.2) is 0 Å². The summed E-state index contributed by atoms with van der Waals surface area (Å²) in [5.74, 6) is 1.94. The summed E-state index contributed by atoms with van der Waals surface area (Å²) in [6, 6.07) is 0.531. The van der Waals surface area contributed by atoms with Gasteiger partial charge in [-0.15, -0.1) is 11.6 Å². The third-order valence-corrected chi connectivity index (χ3v) is 2.40. The summed E-state index contributed by atoms with van der Waals surface area (Å²) in [7, 11) is 0. The van der Waals surface area contributed by atoms with Crippen LogP contribution in [0.3, 0.4) is 0 Å². The molecule has 10 heavy (non-hydrogen) atoms. The number of hydrogen-bond donors (Lipinski definition) is 0. The summed E-state index contributed by atoms with van der Waals surface area (Å²) in [5, 5.41) is 0. The van der Waals surface area contributed by atoms with Gasteiger partial charge in [0.15, 0.2) is 0 Å². The Kier molecular flexibility index (Phi) is 2.72. The Labute approximate surface area is 67.5 Å². The van der Waals surface area contributed by atoms with Gasteiger partial charge >= 0.3 is 0 Å². The van der Waals surface area contributed by atoms with Gasteiger partial charge in [0.2, 0.25) is 0 Å². The van der Waals surface area contributed by atoms with E-state index in [1.165, 1.54) is 0 Å². The van der Waals surface area contributed by atoms with Crippen molar-refractivity contribution >= 4 is 17.8 Å². The first kappa shape index (κ1) is 8.06. The Balaban J connectivity index is 2.37. The number of nitrogens with zero attached hydrogens (tertiary/aromatic N) is 1. The number of rotatable bonds is 2. The van der Waals surface area contributed by atoms with E-state index in [1.54, 1.807) is 0 Å². The van der Waals surface area contributed by atoms with Gasteiger partial charge in [0.1, 0.15) is 0 Å². The molecular weight excluding hydrogens is 146 g/mol. The molecule has 0 aliphatic carbocycles. The van der Waals surface area contributed by atoms with Gasteiger partial charge in [0.25, 0.3) is 0 Å². The van der Waals surface area contributed by atoms with E-state index in [9.17, 15) is 0 Å². The molecule has 2 heteroatoms. The molecular formula is C8H14ClN. The molecule has 0 aromatic rings. The monoisotopic (exact) mass is 159 g/mol. The van der Waals surface area contributed by atoms with Gasteiger partial charge in [0, 0.05) is 18.0 Å². The molecule has 0 N–H and O–H groups in total. The van der Waals surface area contributed by atoms with Crippen molar-refractivity contribution in [3.63, 3.8) is 0 Å². The molecule has 0 aromatic heterocycles. The van der Waals surface area contributed by atoms with E-state index < -0.39 is 0 Å². The quantitative estimate of drug-likeness (QED) is 0.549. The summed E-state index contributed by atoms with van der Waals surface area (Å²) in [6.45, 7) is 4.41. The highest BCUT2D eigenvalue weighted by atomic mass is 35.5. The van der Waals surface area contributed by atoms with E-state index >= 15 is 0 Å². The maximum Gasteiger partial charge on any atom is 0.0525 e. The predicted molar refractivity (Wildman–Crippen MR) is 45.9 cm³/mol. The second kappa shape index (κ2) is 3.38. The van der Waals surface area contributed by atoms with Crippen LogP contribution >= 0.6 is 11.6 Å². The van der Waals surface area contributed by atoms with Crippen molar-refractivity contribution in [2.45, 2.75) is 26.3 Å². The molecule has 1 aliphatic heterocycles. The molecule has 1 aliphatic rings. The summed E-state index contributed by atoms with van der Waals surface area (Å²) < 4.78 is 0. The van der Waals surface area contributed by atoms with Gasteiger partial charge in [-0.2, -0.15) is 0 Å². The minimum atomic E-state index is 0.531. The minimum absolute atomic E-state index is 0.531. The smallest absolute Gasteiger partial charge is 0.0525 e. The second-order valence-corrected chi connectivity index (χ2v) is 3.57. The normalized spacial score (nSPS) is 32.0. The number of halogens is 1. The summed E-state index contributed by atoms with van der Waals surface area (Å²) >= 11 is 5.69. The fourth-order valence-corrected chi connectivity index (χ4v) is 1.42. The molecule has 0 amide bonds. The average Bonchev–Trinajstić information content (AvgIpc) is 2.34. The van der Waals surface area contributed by atoms with E-state index in [4.69, 9.17) is 11.6 Å². The van der Waals surface area contributed by atoms with Crippen LogP contribution < -0.4 is 0 Å². The van der Waals surface area contributed by atoms with Gasteiger partial charge in [-0.3, -0.25) is 4.99 Å². The Morgan fingerprint density at radius 1 is 1.70 bits per heavy atom. The molecule has 0 saturated heterocycles. The molecule has 0 bridgehead atoms. The summed E-state index contributed by atoms with van der Waals surface area (Å²) in [4.78, 5) is 4.38. The van der Waals surface area contributed by atoms with Crippen molar-refractivity contribution in [2.75, 3.05) is 5.88 Å². The van der Waals surface area contributed by atoms with Crippen molar-refractivity contribution < 1.29 is 0 Å². The zero-order valence-electron chi connectivity index (χ0n) is 6.55. The first-order chi connectivity index (χ1) is 4.74. The van der Waals surface area contributed by atoms with Crippen molar-refractivity contribution in [3.8, 4) is 0 Å². The lowest BCUT2D eigenvalue weighted by Crippen LogP contribution is -2.11. The average molecular weight is 160 g/mol. The van der Waals surface area contributed by atoms with E-state index in [0.29, 0.717) is 17.9 Å². The topological polar surface area (TPSA) is 12.4 Å². The van der Waals surface area contributed by atoms with Crippen LogP contribution in [0.1, 0.15) is 20.3 Å². The Morgan fingerprint density at radius 3 is 2.70 bits per heavy atom. The molecule has 0 radical (unpaired) electrons. The first-order valence-electron chi connectivity index (χ1n) is 3.83. The number of hydrogen-bond acceptors (Lipinski definition) is 1. The van der Waals surface area contributed by atoms with Crippen LogP contribution in [-0.4, -0.2) is 18.1 Å². The highest BCUT2D eigenvalue weighted by Gasteiger charge is 2.21. The van der Waals surface area contributed by atoms with Crippen molar-refractivity contribution in [2.24, 2.45) is 16.8 Å².